The van der Waals surface area contributed by atoms with E-state index in [1.54, 1.807) is 11.6 Å². The summed E-state index contributed by atoms with van der Waals surface area (Å²) in [6.45, 7) is 5.14. The van der Waals surface area contributed by atoms with Crippen LogP contribution in [0.15, 0.2) is 35.8 Å². The highest BCUT2D eigenvalue weighted by Gasteiger charge is 2.34. The van der Waals surface area contributed by atoms with E-state index in [4.69, 9.17) is 14.2 Å². The number of hydrogen-bond donors (Lipinski definition) is 1. The molecule has 4 rings (SSSR count). The Bertz CT molecular complexity index is 874. The normalized spacial score (nSPS) is 18.6. The third-order valence-corrected chi connectivity index (χ3v) is 4.38. The maximum Gasteiger partial charge on any atom is 0.338 e. The molecule has 2 aliphatic rings. The van der Waals surface area contributed by atoms with Gasteiger partial charge in [0, 0.05) is 12.1 Å². The van der Waals surface area contributed by atoms with Crippen LogP contribution in [0.2, 0.25) is 0 Å². The van der Waals surface area contributed by atoms with E-state index in [-0.39, 0.29) is 5.97 Å². The fraction of sp³-hybridized carbons (Fsp3) is 0.389. The summed E-state index contributed by atoms with van der Waals surface area (Å²) in [5.41, 5.74) is 2.05. The molecule has 1 aromatic carbocycles. The maximum absolute atomic E-state index is 12.6. The van der Waals surface area contributed by atoms with Crippen LogP contribution in [-0.2, 0) is 9.53 Å². The van der Waals surface area contributed by atoms with E-state index in [0.29, 0.717) is 48.5 Å². The van der Waals surface area contributed by atoms with Gasteiger partial charge >= 0.3 is 5.97 Å². The quantitative estimate of drug-likeness (QED) is 0.844. The lowest BCUT2D eigenvalue weighted by molar-refractivity contribution is -0.139. The summed E-state index contributed by atoms with van der Waals surface area (Å²) in [4.78, 5) is 16.9. The first-order chi connectivity index (χ1) is 12.7. The molecule has 0 amide bonds. The summed E-state index contributed by atoms with van der Waals surface area (Å²) < 4.78 is 18.5. The molecule has 0 saturated carbocycles. The Balaban J connectivity index is 1.82. The number of hydrogen-bond acceptors (Lipinski definition) is 7. The monoisotopic (exact) mass is 356 g/mol. The van der Waals surface area contributed by atoms with Crippen LogP contribution < -0.4 is 14.8 Å². The molecule has 3 heterocycles. The molecule has 0 bridgehead atoms. The molecule has 2 aliphatic heterocycles. The van der Waals surface area contributed by atoms with Gasteiger partial charge in [0.2, 0.25) is 5.95 Å². The largest absolute Gasteiger partial charge is 0.490 e. The SMILES string of the molecule is CCOC(=O)C1=C(C)Nc2ncnn2C1c1ccc2c(c1)OCCCO2. The van der Waals surface area contributed by atoms with Gasteiger partial charge in [-0.1, -0.05) is 6.07 Å². The second-order valence-corrected chi connectivity index (χ2v) is 6.07. The smallest absolute Gasteiger partial charge is 0.338 e. The van der Waals surface area contributed by atoms with Crippen molar-refractivity contribution < 1.29 is 19.0 Å². The van der Waals surface area contributed by atoms with Crippen molar-refractivity contribution in [3.63, 3.8) is 0 Å². The summed E-state index contributed by atoms with van der Waals surface area (Å²) >= 11 is 0. The van der Waals surface area contributed by atoms with Gasteiger partial charge in [0.25, 0.3) is 0 Å². The molecule has 0 saturated heterocycles. The molecule has 26 heavy (non-hydrogen) atoms. The molecule has 1 N–H and O–H groups in total. The van der Waals surface area contributed by atoms with E-state index in [1.807, 2.05) is 25.1 Å². The zero-order valence-corrected chi connectivity index (χ0v) is 14.7. The van der Waals surface area contributed by atoms with E-state index in [2.05, 4.69) is 15.4 Å². The predicted molar refractivity (Wildman–Crippen MR) is 93.2 cm³/mol. The number of carbonyl (C=O) groups is 1. The Labute approximate surface area is 150 Å². The molecule has 136 valence electrons. The molecular formula is C18H20N4O4. The van der Waals surface area contributed by atoms with E-state index < -0.39 is 6.04 Å². The van der Waals surface area contributed by atoms with Crippen LogP contribution in [0.1, 0.15) is 31.9 Å². The van der Waals surface area contributed by atoms with Gasteiger partial charge in [0.15, 0.2) is 11.5 Å². The number of anilines is 1. The molecule has 1 unspecified atom stereocenters. The minimum absolute atomic E-state index is 0.299. The van der Waals surface area contributed by atoms with Crippen molar-refractivity contribution in [1.82, 2.24) is 14.8 Å². The minimum atomic E-state index is -0.454. The standard InChI is InChI=1S/C18H20N4O4/c1-3-24-17(23)15-11(2)21-18-19-10-20-22(18)16(15)12-5-6-13-14(9-12)26-8-4-7-25-13/h5-6,9-10,16H,3-4,7-8H2,1-2H3,(H,19,20,21). The van der Waals surface area contributed by atoms with Gasteiger partial charge in [-0.15, -0.1) is 0 Å². The van der Waals surface area contributed by atoms with Gasteiger partial charge in [-0.3, -0.25) is 0 Å². The number of nitrogens with zero attached hydrogens (tertiary/aromatic N) is 3. The maximum atomic E-state index is 12.6. The van der Waals surface area contributed by atoms with Crippen LogP contribution in [0.25, 0.3) is 0 Å². The number of rotatable bonds is 3. The van der Waals surface area contributed by atoms with Gasteiger partial charge in [-0.05, 0) is 31.5 Å². The van der Waals surface area contributed by atoms with Crippen molar-refractivity contribution in [2.45, 2.75) is 26.3 Å². The van der Waals surface area contributed by atoms with Crippen molar-refractivity contribution >= 4 is 11.9 Å². The van der Waals surface area contributed by atoms with Gasteiger partial charge in [0.1, 0.15) is 12.4 Å². The topological polar surface area (TPSA) is 87.5 Å². The van der Waals surface area contributed by atoms with Crippen molar-refractivity contribution in [2.75, 3.05) is 25.1 Å². The molecule has 2 aromatic rings. The first kappa shape index (κ1) is 16.4. The molecule has 1 atom stereocenters. The van der Waals surface area contributed by atoms with Gasteiger partial charge in [-0.25, -0.2) is 9.48 Å². The van der Waals surface area contributed by atoms with Crippen LogP contribution >= 0.6 is 0 Å². The highest BCUT2D eigenvalue weighted by Crippen LogP contribution is 2.39. The zero-order valence-electron chi connectivity index (χ0n) is 14.7. The van der Waals surface area contributed by atoms with Gasteiger partial charge in [-0.2, -0.15) is 10.1 Å². The van der Waals surface area contributed by atoms with Crippen LogP contribution in [0, 0.1) is 0 Å². The van der Waals surface area contributed by atoms with E-state index in [9.17, 15) is 4.79 Å². The first-order valence-electron chi connectivity index (χ1n) is 8.63. The summed E-state index contributed by atoms with van der Waals surface area (Å²) in [5, 5.41) is 7.41. The lowest BCUT2D eigenvalue weighted by Gasteiger charge is -2.28. The highest BCUT2D eigenvalue weighted by molar-refractivity contribution is 5.92. The molecule has 1 aromatic heterocycles. The Hall–Kier alpha value is -3.03. The highest BCUT2D eigenvalue weighted by atomic mass is 16.5. The van der Waals surface area contributed by atoms with Crippen molar-refractivity contribution in [3.8, 4) is 11.5 Å². The summed E-state index contributed by atoms with van der Waals surface area (Å²) in [6.07, 6.45) is 2.29. The minimum Gasteiger partial charge on any atom is -0.490 e. The Morgan fingerprint density at radius 1 is 1.35 bits per heavy atom. The molecule has 8 nitrogen and oxygen atoms in total. The number of nitrogens with one attached hydrogen (secondary N) is 1. The number of allylic oxidation sites excluding steroid dienone is 1. The average molecular weight is 356 g/mol. The van der Waals surface area contributed by atoms with Crippen LogP contribution in [0.5, 0.6) is 11.5 Å². The summed E-state index contributed by atoms with van der Waals surface area (Å²) in [6, 6.07) is 5.23. The third-order valence-electron chi connectivity index (χ3n) is 4.38. The Kier molecular flexibility index (Phi) is 4.24. The van der Waals surface area contributed by atoms with Gasteiger partial charge < -0.3 is 19.5 Å². The van der Waals surface area contributed by atoms with Crippen molar-refractivity contribution in [3.05, 3.63) is 41.4 Å². The van der Waals surface area contributed by atoms with E-state index >= 15 is 0 Å². The number of fused-ring (bicyclic) bond motifs is 2. The lowest BCUT2D eigenvalue weighted by Crippen LogP contribution is -2.29. The molecule has 0 radical (unpaired) electrons. The summed E-state index contributed by atoms with van der Waals surface area (Å²) in [5.74, 6) is 1.57. The molecule has 0 aliphatic carbocycles. The molecular weight excluding hydrogens is 336 g/mol. The van der Waals surface area contributed by atoms with Crippen molar-refractivity contribution in [2.24, 2.45) is 0 Å². The predicted octanol–water partition coefficient (Wildman–Crippen LogP) is 2.29. The van der Waals surface area contributed by atoms with Gasteiger partial charge in [0.05, 0.1) is 25.4 Å². The van der Waals surface area contributed by atoms with Crippen molar-refractivity contribution in [1.29, 1.82) is 0 Å². The fourth-order valence-corrected chi connectivity index (χ4v) is 3.22. The number of benzene rings is 1. The molecule has 8 heteroatoms. The first-order valence-corrected chi connectivity index (χ1v) is 8.63. The Morgan fingerprint density at radius 2 is 2.15 bits per heavy atom. The fourth-order valence-electron chi connectivity index (χ4n) is 3.22. The van der Waals surface area contributed by atoms with E-state index in [1.165, 1.54) is 6.33 Å². The van der Waals surface area contributed by atoms with Crippen LogP contribution in [-0.4, -0.2) is 40.6 Å². The number of carbonyl (C=O) groups excluding carboxylic acids is 1. The number of aromatic nitrogens is 3. The summed E-state index contributed by atoms with van der Waals surface area (Å²) in [7, 11) is 0. The Morgan fingerprint density at radius 3 is 2.96 bits per heavy atom. The third kappa shape index (κ3) is 2.77. The molecule has 0 fully saturated rings. The number of ether oxygens (including phenoxy) is 3. The average Bonchev–Trinajstić information content (AvgIpc) is 2.96. The van der Waals surface area contributed by atoms with Crippen LogP contribution in [0.3, 0.4) is 0 Å². The second kappa shape index (κ2) is 6.70. The lowest BCUT2D eigenvalue weighted by atomic mass is 9.95. The van der Waals surface area contributed by atoms with E-state index in [0.717, 1.165) is 12.0 Å². The number of esters is 1. The molecule has 0 spiro atoms. The van der Waals surface area contributed by atoms with Crippen LogP contribution in [0.4, 0.5) is 5.95 Å². The zero-order chi connectivity index (χ0) is 18.1. The second-order valence-electron chi connectivity index (χ2n) is 6.07.